The number of nitrogens with zero attached hydrogens (tertiary/aromatic N) is 4. The standard InChI is InChI=1S/C14H14F3N5O/c15-14(16,17)10-6-21-4-5-22(7-11(21)18-10)13(23)12-8-2-1-3-9(8)19-20-12/h6H,1-5,7H2,(H,19,20). The van der Waals surface area contributed by atoms with Crippen molar-refractivity contribution in [1.29, 1.82) is 0 Å². The first-order valence-corrected chi connectivity index (χ1v) is 7.42. The van der Waals surface area contributed by atoms with Crippen LogP contribution < -0.4 is 0 Å². The lowest BCUT2D eigenvalue weighted by atomic mass is 10.1. The van der Waals surface area contributed by atoms with Crippen LogP contribution in [0.1, 0.15) is 39.7 Å². The molecular weight excluding hydrogens is 311 g/mol. The number of nitrogens with one attached hydrogen (secondary N) is 1. The van der Waals surface area contributed by atoms with Gasteiger partial charge >= 0.3 is 6.18 Å². The van der Waals surface area contributed by atoms with Crippen molar-refractivity contribution >= 4 is 5.91 Å². The number of alkyl halides is 3. The van der Waals surface area contributed by atoms with Crippen LogP contribution in [-0.4, -0.2) is 37.1 Å². The van der Waals surface area contributed by atoms with E-state index in [9.17, 15) is 18.0 Å². The molecule has 1 N–H and O–H groups in total. The van der Waals surface area contributed by atoms with Crippen molar-refractivity contribution in [3.8, 4) is 0 Å². The number of aryl methyl sites for hydroxylation is 1. The molecule has 0 aromatic carbocycles. The average Bonchev–Trinajstić information content (AvgIpc) is 3.19. The smallest absolute Gasteiger partial charge is 0.331 e. The lowest BCUT2D eigenvalue weighted by molar-refractivity contribution is -0.141. The van der Waals surface area contributed by atoms with Crippen LogP contribution in [0.4, 0.5) is 13.2 Å². The number of aromatic nitrogens is 4. The van der Waals surface area contributed by atoms with Gasteiger partial charge in [-0.1, -0.05) is 0 Å². The molecule has 2 aromatic heterocycles. The van der Waals surface area contributed by atoms with Crippen molar-refractivity contribution < 1.29 is 18.0 Å². The summed E-state index contributed by atoms with van der Waals surface area (Å²) in [5.41, 5.74) is 1.42. The molecule has 2 aliphatic rings. The molecule has 9 heteroatoms. The van der Waals surface area contributed by atoms with E-state index >= 15 is 0 Å². The molecule has 0 saturated carbocycles. The number of carbonyl (C=O) groups is 1. The fourth-order valence-electron chi connectivity index (χ4n) is 3.21. The number of hydrogen-bond donors (Lipinski definition) is 1. The molecule has 3 heterocycles. The molecule has 1 aliphatic heterocycles. The lowest BCUT2D eigenvalue weighted by Gasteiger charge is -2.27. The fourth-order valence-corrected chi connectivity index (χ4v) is 3.21. The van der Waals surface area contributed by atoms with Gasteiger partial charge in [-0.2, -0.15) is 18.3 Å². The first-order valence-electron chi connectivity index (χ1n) is 7.42. The molecule has 0 bridgehead atoms. The van der Waals surface area contributed by atoms with E-state index in [1.54, 1.807) is 0 Å². The summed E-state index contributed by atoms with van der Waals surface area (Å²) in [5, 5.41) is 6.97. The normalized spacial score (nSPS) is 17.3. The van der Waals surface area contributed by atoms with Crippen LogP contribution in [-0.2, 0) is 32.1 Å². The molecule has 1 aliphatic carbocycles. The second-order valence-corrected chi connectivity index (χ2v) is 5.84. The van der Waals surface area contributed by atoms with Gasteiger partial charge in [0.05, 0.1) is 6.54 Å². The first-order chi connectivity index (χ1) is 10.9. The Morgan fingerprint density at radius 3 is 2.87 bits per heavy atom. The van der Waals surface area contributed by atoms with E-state index in [1.165, 1.54) is 9.47 Å². The summed E-state index contributed by atoms with van der Waals surface area (Å²) in [4.78, 5) is 17.8. The van der Waals surface area contributed by atoms with Gasteiger partial charge in [-0.15, -0.1) is 0 Å². The molecule has 2 aromatic rings. The molecule has 6 nitrogen and oxygen atoms in total. The average molecular weight is 325 g/mol. The molecule has 0 atom stereocenters. The summed E-state index contributed by atoms with van der Waals surface area (Å²) in [6.45, 7) is 0.717. The number of halogens is 3. The molecule has 23 heavy (non-hydrogen) atoms. The van der Waals surface area contributed by atoms with Gasteiger partial charge in [-0.25, -0.2) is 4.98 Å². The zero-order valence-electron chi connectivity index (χ0n) is 12.2. The molecule has 1 amide bonds. The molecule has 0 fully saturated rings. The van der Waals surface area contributed by atoms with E-state index in [2.05, 4.69) is 15.2 Å². The Hall–Kier alpha value is -2.32. The van der Waals surface area contributed by atoms with Gasteiger partial charge in [0.1, 0.15) is 5.82 Å². The van der Waals surface area contributed by atoms with Crippen LogP contribution in [0.5, 0.6) is 0 Å². The summed E-state index contributed by atoms with van der Waals surface area (Å²) in [5.74, 6) is 0.0105. The number of rotatable bonds is 1. The largest absolute Gasteiger partial charge is 0.434 e. The van der Waals surface area contributed by atoms with E-state index in [0.29, 0.717) is 18.8 Å². The molecule has 122 valence electrons. The summed E-state index contributed by atoms with van der Waals surface area (Å²) in [6.07, 6.45) is -0.780. The van der Waals surface area contributed by atoms with Crippen LogP contribution >= 0.6 is 0 Å². The number of hydrogen-bond acceptors (Lipinski definition) is 3. The Balaban J connectivity index is 1.58. The third-order valence-electron chi connectivity index (χ3n) is 4.39. The summed E-state index contributed by atoms with van der Waals surface area (Å²) in [6, 6.07) is 0. The predicted molar refractivity (Wildman–Crippen MR) is 72.6 cm³/mol. The van der Waals surface area contributed by atoms with Crippen molar-refractivity contribution in [2.75, 3.05) is 6.54 Å². The van der Waals surface area contributed by atoms with Gasteiger partial charge < -0.3 is 9.47 Å². The number of H-pyrrole nitrogens is 1. The van der Waals surface area contributed by atoms with E-state index in [1.807, 2.05) is 0 Å². The Morgan fingerprint density at radius 1 is 1.26 bits per heavy atom. The molecule has 0 radical (unpaired) electrons. The third kappa shape index (κ3) is 2.30. The Morgan fingerprint density at radius 2 is 2.09 bits per heavy atom. The molecular formula is C14H14F3N5O. The van der Waals surface area contributed by atoms with Crippen LogP contribution in [0.15, 0.2) is 6.20 Å². The number of fused-ring (bicyclic) bond motifs is 2. The Kier molecular flexibility index (Phi) is 3.00. The maximum atomic E-state index is 12.7. The number of carbonyl (C=O) groups excluding carboxylic acids is 1. The van der Waals surface area contributed by atoms with E-state index in [-0.39, 0.29) is 18.3 Å². The number of imidazole rings is 1. The highest BCUT2D eigenvalue weighted by molar-refractivity contribution is 5.94. The predicted octanol–water partition coefficient (Wildman–Crippen LogP) is 1.77. The fraction of sp³-hybridized carbons (Fsp3) is 0.500. The highest BCUT2D eigenvalue weighted by Gasteiger charge is 2.36. The topological polar surface area (TPSA) is 66.8 Å². The molecule has 0 unspecified atom stereocenters. The van der Waals surface area contributed by atoms with Gasteiger partial charge in [0.15, 0.2) is 11.4 Å². The Bertz CT molecular complexity index is 776. The quantitative estimate of drug-likeness (QED) is 0.869. The van der Waals surface area contributed by atoms with Crippen molar-refractivity contribution in [3.05, 3.63) is 34.7 Å². The van der Waals surface area contributed by atoms with E-state index < -0.39 is 11.9 Å². The molecule has 0 spiro atoms. The van der Waals surface area contributed by atoms with Crippen molar-refractivity contribution in [1.82, 2.24) is 24.6 Å². The SMILES string of the molecule is O=C(c1n[nH]c2c1CCC2)N1CCn2cc(C(F)(F)F)nc2C1. The Labute approximate surface area is 129 Å². The zero-order valence-corrected chi connectivity index (χ0v) is 12.2. The first kappa shape index (κ1) is 14.3. The van der Waals surface area contributed by atoms with Gasteiger partial charge in [0.25, 0.3) is 5.91 Å². The lowest BCUT2D eigenvalue weighted by Crippen LogP contribution is -2.38. The highest BCUT2D eigenvalue weighted by Crippen LogP contribution is 2.30. The minimum Gasteiger partial charge on any atom is -0.331 e. The van der Waals surface area contributed by atoms with Gasteiger partial charge in [0.2, 0.25) is 0 Å². The van der Waals surface area contributed by atoms with Crippen LogP contribution in [0.25, 0.3) is 0 Å². The summed E-state index contributed by atoms with van der Waals surface area (Å²) >= 11 is 0. The van der Waals surface area contributed by atoms with Crippen molar-refractivity contribution in [2.45, 2.75) is 38.5 Å². The molecule has 4 rings (SSSR count). The summed E-state index contributed by atoms with van der Waals surface area (Å²) < 4.78 is 39.7. The highest BCUT2D eigenvalue weighted by atomic mass is 19.4. The maximum Gasteiger partial charge on any atom is 0.434 e. The van der Waals surface area contributed by atoms with Gasteiger partial charge in [-0.3, -0.25) is 9.89 Å². The third-order valence-corrected chi connectivity index (χ3v) is 4.39. The van der Waals surface area contributed by atoms with Crippen LogP contribution in [0.3, 0.4) is 0 Å². The zero-order chi connectivity index (χ0) is 16.2. The minimum atomic E-state index is -4.47. The van der Waals surface area contributed by atoms with Crippen molar-refractivity contribution in [3.63, 3.8) is 0 Å². The number of aromatic amines is 1. The number of amides is 1. The second kappa shape index (κ2) is 4.84. The monoisotopic (exact) mass is 325 g/mol. The van der Waals surface area contributed by atoms with E-state index in [0.717, 1.165) is 36.7 Å². The van der Waals surface area contributed by atoms with Gasteiger partial charge in [0, 0.05) is 30.5 Å². The maximum absolute atomic E-state index is 12.7. The second-order valence-electron chi connectivity index (χ2n) is 5.84. The molecule has 0 saturated heterocycles. The van der Waals surface area contributed by atoms with E-state index in [4.69, 9.17) is 0 Å². The van der Waals surface area contributed by atoms with Crippen LogP contribution in [0, 0.1) is 0 Å². The van der Waals surface area contributed by atoms with Crippen molar-refractivity contribution in [2.24, 2.45) is 0 Å². The summed E-state index contributed by atoms with van der Waals surface area (Å²) in [7, 11) is 0. The minimum absolute atomic E-state index is 0.0660. The van der Waals surface area contributed by atoms with Gasteiger partial charge in [-0.05, 0) is 19.3 Å². The van der Waals surface area contributed by atoms with Crippen LogP contribution in [0.2, 0.25) is 0 Å².